The average Bonchev–Trinajstić information content (AvgIpc) is 2.27. The van der Waals surface area contributed by atoms with Crippen molar-refractivity contribution in [3.05, 3.63) is 12.2 Å². The summed E-state index contributed by atoms with van der Waals surface area (Å²) in [7, 11) is 0. The molecule has 0 rings (SSSR count). The first-order chi connectivity index (χ1) is 8.49. The number of carboxylic acid groups (broad SMARTS) is 1. The first kappa shape index (κ1) is 21.6. The molecule has 0 aromatic carbocycles. The molecular weight excluding hydrogens is 271 g/mol. The van der Waals surface area contributed by atoms with Gasteiger partial charge in [-0.25, -0.2) is 4.79 Å². The van der Waals surface area contributed by atoms with Gasteiger partial charge in [0.05, 0.1) is 5.97 Å². The predicted octanol–water partition coefficient (Wildman–Crippen LogP) is -1.02. The maximum Gasteiger partial charge on any atom is 1.00 e. The number of esters is 1. The number of rotatable bonds is 9. The minimum atomic E-state index is -1.39. The SMILES string of the molecule is CCCC(CCC)(CCC)OC(=O)/C=C/C(=O)[O-].[K+]. The van der Waals surface area contributed by atoms with Crippen LogP contribution in [-0.4, -0.2) is 17.5 Å². The van der Waals surface area contributed by atoms with Gasteiger partial charge in [0.1, 0.15) is 5.60 Å². The molecule has 0 radical (unpaired) electrons. The van der Waals surface area contributed by atoms with Gasteiger partial charge in [0.15, 0.2) is 0 Å². The van der Waals surface area contributed by atoms with E-state index >= 15 is 0 Å². The maximum absolute atomic E-state index is 11.6. The molecule has 0 spiro atoms. The fourth-order valence-electron chi connectivity index (χ4n) is 2.28. The number of carbonyl (C=O) groups excluding carboxylic acids is 2. The van der Waals surface area contributed by atoms with E-state index in [1.807, 2.05) is 20.8 Å². The standard InChI is InChI=1S/C14H24O4.K/c1-4-9-14(10-5-2,11-6-3)18-13(17)8-7-12(15)16;/h7-8H,4-6,9-11H2,1-3H3,(H,15,16);/q;+1/p-1/b8-7+;. The van der Waals surface area contributed by atoms with Crippen LogP contribution in [0.3, 0.4) is 0 Å². The number of ether oxygens (including phenoxy) is 1. The van der Waals surface area contributed by atoms with E-state index in [-0.39, 0.29) is 51.4 Å². The van der Waals surface area contributed by atoms with Crippen molar-refractivity contribution >= 4 is 11.9 Å². The van der Waals surface area contributed by atoms with E-state index in [2.05, 4.69) is 0 Å². The Hall–Kier alpha value is 0.316. The molecule has 19 heavy (non-hydrogen) atoms. The number of aliphatic carboxylic acids is 1. The fourth-order valence-corrected chi connectivity index (χ4v) is 2.28. The van der Waals surface area contributed by atoms with Crippen LogP contribution in [0.1, 0.15) is 59.3 Å². The Morgan fingerprint density at radius 2 is 1.42 bits per heavy atom. The van der Waals surface area contributed by atoms with E-state index in [9.17, 15) is 14.7 Å². The molecule has 104 valence electrons. The third-order valence-electron chi connectivity index (χ3n) is 2.79. The molecular formula is C14H23KO4. The van der Waals surface area contributed by atoms with Gasteiger partial charge in [-0.15, -0.1) is 0 Å². The van der Waals surface area contributed by atoms with Crippen molar-refractivity contribution in [3.8, 4) is 0 Å². The van der Waals surface area contributed by atoms with Crippen LogP contribution in [0.4, 0.5) is 0 Å². The second-order valence-corrected chi connectivity index (χ2v) is 4.51. The summed E-state index contributed by atoms with van der Waals surface area (Å²) in [6.45, 7) is 6.14. The Balaban J connectivity index is 0. The minimum Gasteiger partial charge on any atom is -0.545 e. The molecule has 5 heteroatoms. The molecule has 0 N–H and O–H groups in total. The Labute approximate surface area is 158 Å². The van der Waals surface area contributed by atoms with Crippen molar-refractivity contribution in [1.29, 1.82) is 0 Å². The molecule has 0 aliphatic carbocycles. The second kappa shape index (κ2) is 12.1. The Bertz CT molecular complexity index is 283. The number of carboxylic acids is 1. The zero-order valence-electron chi connectivity index (χ0n) is 12.5. The first-order valence-electron chi connectivity index (χ1n) is 6.61. The molecule has 0 heterocycles. The van der Waals surface area contributed by atoms with Crippen LogP contribution < -0.4 is 56.5 Å². The van der Waals surface area contributed by atoms with Crippen molar-refractivity contribution in [3.63, 3.8) is 0 Å². The van der Waals surface area contributed by atoms with E-state index in [1.165, 1.54) is 0 Å². The normalized spacial score (nSPS) is 11.1. The number of carbonyl (C=O) groups is 2. The first-order valence-corrected chi connectivity index (χ1v) is 6.61. The van der Waals surface area contributed by atoms with Crippen molar-refractivity contribution < 1.29 is 70.8 Å². The zero-order chi connectivity index (χ0) is 14.0. The zero-order valence-corrected chi connectivity index (χ0v) is 15.7. The number of hydrogen-bond acceptors (Lipinski definition) is 4. The van der Waals surface area contributed by atoms with Crippen molar-refractivity contribution in [2.45, 2.75) is 64.9 Å². The van der Waals surface area contributed by atoms with Crippen LogP contribution in [-0.2, 0) is 14.3 Å². The van der Waals surface area contributed by atoms with Gasteiger partial charge in [0, 0.05) is 6.08 Å². The van der Waals surface area contributed by atoms with Gasteiger partial charge >= 0.3 is 57.4 Å². The van der Waals surface area contributed by atoms with E-state index in [1.54, 1.807) is 0 Å². The van der Waals surface area contributed by atoms with Gasteiger partial charge in [0.2, 0.25) is 0 Å². The summed E-state index contributed by atoms with van der Waals surface area (Å²) in [6, 6.07) is 0. The van der Waals surface area contributed by atoms with Crippen LogP contribution in [0, 0.1) is 0 Å². The molecule has 0 unspecified atom stereocenters. The molecule has 0 aromatic heterocycles. The Morgan fingerprint density at radius 3 is 1.74 bits per heavy atom. The van der Waals surface area contributed by atoms with Crippen LogP contribution in [0.2, 0.25) is 0 Å². The van der Waals surface area contributed by atoms with Gasteiger partial charge in [0.25, 0.3) is 0 Å². The largest absolute Gasteiger partial charge is 1.00 e. The minimum absolute atomic E-state index is 0. The molecule has 0 bridgehead atoms. The smallest absolute Gasteiger partial charge is 0.545 e. The van der Waals surface area contributed by atoms with Gasteiger partial charge in [-0.2, -0.15) is 0 Å². The predicted molar refractivity (Wildman–Crippen MR) is 67.7 cm³/mol. The number of hydrogen-bond donors (Lipinski definition) is 0. The molecule has 0 saturated heterocycles. The van der Waals surface area contributed by atoms with Crippen LogP contribution in [0.25, 0.3) is 0 Å². The van der Waals surface area contributed by atoms with Crippen LogP contribution >= 0.6 is 0 Å². The Kier molecular flexibility index (Phi) is 13.7. The summed E-state index contributed by atoms with van der Waals surface area (Å²) >= 11 is 0. The second-order valence-electron chi connectivity index (χ2n) is 4.51. The molecule has 0 aromatic rings. The topological polar surface area (TPSA) is 66.4 Å². The van der Waals surface area contributed by atoms with Gasteiger partial charge in [-0.05, 0) is 25.3 Å². The van der Waals surface area contributed by atoms with Crippen molar-refractivity contribution in [2.75, 3.05) is 0 Å². The molecule has 0 aliphatic rings. The summed E-state index contributed by atoms with van der Waals surface area (Å²) in [5, 5.41) is 10.2. The summed E-state index contributed by atoms with van der Waals surface area (Å²) in [5.74, 6) is -1.99. The van der Waals surface area contributed by atoms with Crippen LogP contribution in [0.5, 0.6) is 0 Å². The maximum atomic E-state index is 11.6. The fraction of sp³-hybridized carbons (Fsp3) is 0.714. The molecule has 0 saturated carbocycles. The quantitative estimate of drug-likeness (QED) is 0.310. The summed E-state index contributed by atoms with van der Waals surface area (Å²) < 4.78 is 5.49. The summed E-state index contributed by atoms with van der Waals surface area (Å²) in [5.41, 5.74) is -0.453. The van der Waals surface area contributed by atoms with E-state index < -0.39 is 17.5 Å². The van der Waals surface area contributed by atoms with Gasteiger partial charge in [-0.3, -0.25) is 0 Å². The molecule has 4 nitrogen and oxygen atoms in total. The third kappa shape index (κ3) is 9.79. The third-order valence-corrected chi connectivity index (χ3v) is 2.79. The van der Waals surface area contributed by atoms with E-state index in [0.717, 1.165) is 44.6 Å². The average molecular weight is 294 g/mol. The Morgan fingerprint density at radius 1 is 1.00 bits per heavy atom. The monoisotopic (exact) mass is 294 g/mol. The molecule has 0 aliphatic heterocycles. The van der Waals surface area contributed by atoms with E-state index in [4.69, 9.17) is 4.74 Å². The van der Waals surface area contributed by atoms with Gasteiger partial charge in [-0.1, -0.05) is 40.0 Å². The van der Waals surface area contributed by atoms with Crippen molar-refractivity contribution in [2.24, 2.45) is 0 Å². The molecule has 0 fully saturated rings. The van der Waals surface area contributed by atoms with Crippen molar-refractivity contribution in [1.82, 2.24) is 0 Å². The van der Waals surface area contributed by atoms with E-state index in [0.29, 0.717) is 6.08 Å². The van der Waals surface area contributed by atoms with Crippen LogP contribution in [0.15, 0.2) is 12.2 Å². The summed E-state index contributed by atoms with van der Waals surface area (Å²) in [6.07, 6.45) is 6.83. The molecule has 0 atom stereocenters. The van der Waals surface area contributed by atoms with Gasteiger partial charge < -0.3 is 14.6 Å². The summed E-state index contributed by atoms with van der Waals surface area (Å²) in [4.78, 5) is 21.8. The molecule has 0 amide bonds.